The number of alkyl carbamates (subject to hydrolysis) is 1. The van der Waals surface area contributed by atoms with Crippen molar-refractivity contribution in [3.8, 4) is 5.75 Å². The topological polar surface area (TPSA) is 195 Å². The van der Waals surface area contributed by atoms with Crippen LogP contribution in [0.2, 0.25) is 5.02 Å². The average Bonchev–Trinajstić information content (AvgIpc) is 3.89. The van der Waals surface area contributed by atoms with E-state index in [2.05, 4.69) is 10.3 Å². The van der Waals surface area contributed by atoms with E-state index in [1.807, 2.05) is 13.0 Å². The van der Waals surface area contributed by atoms with E-state index in [4.69, 9.17) is 41.0 Å². The highest BCUT2D eigenvalue weighted by Gasteiger charge is 2.64. The SMILES string of the molecule is COc1cc2cc(c1Cl)N(C)C(=O)C[C@H](OC(=O)[C@H](C)N(C)C(=O)c1ccc3nc(N)ccc3c1)[C@]1(C)OC1[C@H](C)C1C[C@@](O)(NC(=O)O1)[C@H](OC)/C=C/C=C(\C)C2. The van der Waals surface area contributed by atoms with Gasteiger partial charge in [0.25, 0.3) is 5.91 Å². The van der Waals surface area contributed by atoms with Gasteiger partial charge in [0.2, 0.25) is 5.91 Å². The molecule has 2 saturated heterocycles. The summed E-state index contributed by atoms with van der Waals surface area (Å²) in [6, 6.07) is 10.8. The van der Waals surface area contributed by atoms with Crippen LogP contribution in [0.3, 0.4) is 0 Å². The third-order valence-electron chi connectivity index (χ3n) is 11.4. The van der Waals surface area contributed by atoms with Crippen molar-refractivity contribution in [1.29, 1.82) is 0 Å². The molecule has 58 heavy (non-hydrogen) atoms. The van der Waals surface area contributed by atoms with Gasteiger partial charge in [-0.2, -0.15) is 0 Å². The normalized spacial score (nSPS) is 29.5. The number of amides is 3. The van der Waals surface area contributed by atoms with Crippen molar-refractivity contribution in [3.05, 3.63) is 82.4 Å². The van der Waals surface area contributed by atoms with Crippen molar-refractivity contribution >= 4 is 57.9 Å². The lowest BCUT2D eigenvalue weighted by molar-refractivity contribution is -0.158. The number of rotatable bonds is 6. The van der Waals surface area contributed by atoms with Crippen molar-refractivity contribution in [2.45, 2.75) is 88.7 Å². The van der Waals surface area contributed by atoms with Gasteiger partial charge in [-0.25, -0.2) is 14.6 Å². The molecule has 4 bridgehead atoms. The summed E-state index contributed by atoms with van der Waals surface area (Å²) < 4.78 is 29.4. The van der Waals surface area contributed by atoms with E-state index in [1.54, 1.807) is 75.5 Å². The molecule has 4 N–H and O–H groups in total. The smallest absolute Gasteiger partial charge is 0.409 e. The minimum atomic E-state index is -1.85. The van der Waals surface area contributed by atoms with E-state index in [1.165, 1.54) is 38.0 Å². The number of nitrogen functional groups attached to an aromatic ring is 1. The van der Waals surface area contributed by atoms with Crippen LogP contribution in [0.1, 0.15) is 56.5 Å². The van der Waals surface area contributed by atoms with Gasteiger partial charge in [0, 0.05) is 44.5 Å². The van der Waals surface area contributed by atoms with Crippen LogP contribution in [-0.4, -0.2) is 109 Å². The van der Waals surface area contributed by atoms with Crippen LogP contribution in [0.4, 0.5) is 16.3 Å². The van der Waals surface area contributed by atoms with Crippen LogP contribution >= 0.6 is 11.6 Å². The number of ether oxygens (including phenoxy) is 5. The molecule has 3 aromatic rings. The highest BCUT2D eigenvalue weighted by Crippen LogP contribution is 2.49. The van der Waals surface area contributed by atoms with Crippen molar-refractivity contribution in [2.75, 3.05) is 38.9 Å². The number of anilines is 2. The number of hydrogen-bond donors (Lipinski definition) is 3. The summed E-state index contributed by atoms with van der Waals surface area (Å²) in [6.07, 6.45) is 0.709. The van der Waals surface area contributed by atoms with Crippen LogP contribution in [0.5, 0.6) is 5.75 Å². The number of hydrogen-bond acceptors (Lipinski definition) is 12. The third kappa shape index (κ3) is 8.48. The van der Waals surface area contributed by atoms with E-state index >= 15 is 0 Å². The number of halogens is 1. The van der Waals surface area contributed by atoms with Crippen molar-refractivity contribution in [3.63, 3.8) is 0 Å². The number of fused-ring (bicyclic) bond motifs is 6. The number of nitrogens with two attached hydrogens (primary N) is 1. The maximum absolute atomic E-state index is 14.3. The number of aliphatic hydroxyl groups is 1. The number of methoxy groups -OCH3 is 2. The second-order valence-corrected chi connectivity index (χ2v) is 15.8. The number of esters is 1. The lowest BCUT2D eigenvalue weighted by Crippen LogP contribution is -2.63. The van der Waals surface area contributed by atoms with Gasteiger partial charge in [-0.3, -0.25) is 14.9 Å². The molecule has 3 aliphatic rings. The van der Waals surface area contributed by atoms with E-state index in [0.717, 1.165) is 11.1 Å². The summed E-state index contributed by atoms with van der Waals surface area (Å²) >= 11 is 6.79. The summed E-state index contributed by atoms with van der Waals surface area (Å²) in [5.41, 5.74) is 5.72. The van der Waals surface area contributed by atoms with Crippen molar-refractivity contribution < 1.29 is 48.0 Å². The standard InChI is InChI=1S/C42H50ClN5O10/c1-22-10-9-11-32(55-8)42(53)21-31(56-40(52)46-42)23(2)37-41(4,58-37)33(20-35(49)48(6)29-17-25(16-22)18-30(54-7)36(29)43)57-39(51)24(3)47(5)38(50)27-12-14-28-26(19-27)13-15-34(44)45-28/h9-15,17-19,23-24,31-33,37,53H,16,20-21H2,1-8H3,(H2,44,45)(H,46,52)/b11-9+,22-10+/t23-,24+,31?,32-,33+,37?,41+,42+/m1/s1. The minimum absolute atomic E-state index is 0.0696. The van der Waals surface area contributed by atoms with E-state index in [0.29, 0.717) is 40.1 Å². The van der Waals surface area contributed by atoms with Crippen molar-refractivity contribution in [2.24, 2.45) is 5.92 Å². The molecular weight excluding hydrogens is 770 g/mol. The number of nitrogens with zero attached hydrogens (tertiary/aromatic N) is 3. The summed E-state index contributed by atoms with van der Waals surface area (Å²) in [7, 11) is 5.96. The molecule has 310 valence electrons. The predicted octanol–water partition coefficient (Wildman–Crippen LogP) is 4.96. The summed E-state index contributed by atoms with van der Waals surface area (Å²) in [4.78, 5) is 61.8. The third-order valence-corrected chi connectivity index (χ3v) is 11.8. The van der Waals surface area contributed by atoms with Gasteiger partial charge in [0.05, 0.1) is 30.8 Å². The molecule has 0 spiro atoms. The fraction of sp³-hybridized carbons (Fsp3) is 0.452. The molecule has 2 fully saturated rings. The molecule has 16 heteroatoms. The number of carbonyl (C=O) groups is 4. The van der Waals surface area contributed by atoms with Crippen LogP contribution < -0.4 is 20.7 Å². The van der Waals surface area contributed by atoms with Gasteiger partial charge in [0.1, 0.15) is 46.5 Å². The number of aromatic nitrogens is 1. The number of nitrogens with one attached hydrogen (secondary N) is 1. The molecular formula is C42H50ClN5O10. The lowest BCUT2D eigenvalue weighted by Gasteiger charge is -2.42. The Balaban J connectivity index is 1.34. The fourth-order valence-electron chi connectivity index (χ4n) is 7.66. The van der Waals surface area contributed by atoms with E-state index < -0.39 is 71.6 Å². The zero-order chi connectivity index (χ0) is 42.3. The first-order valence-electron chi connectivity index (χ1n) is 18.9. The summed E-state index contributed by atoms with van der Waals surface area (Å²) in [5, 5.41) is 15.2. The van der Waals surface area contributed by atoms with E-state index in [-0.39, 0.29) is 17.9 Å². The first kappa shape index (κ1) is 42.4. The largest absolute Gasteiger partial charge is 0.495 e. The molecule has 3 amide bonds. The number of pyridine rings is 1. The highest BCUT2D eigenvalue weighted by atomic mass is 35.5. The van der Waals surface area contributed by atoms with Gasteiger partial charge < -0.3 is 44.3 Å². The maximum atomic E-state index is 14.3. The first-order chi connectivity index (χ1) is 27.4. The van der Waals surface area contributed by atoms with Crippen LogP contribution in [0.25, 0.3) is 10.9 Å². The summed E-state index contributed by atoms with van der Waals surface area (Å²) in [5.74, 6) is -1.54. The second kappa shape index (κ2) is 16.6. The van der Waals surface area contributed by atoms with Crippen molar-refractivity contribution in [1.82, 2.24) is 15.2 Å². The van der Waals surface area contributed by atoms with E-state index in [9.17, 15) is 24.3 Å². The Bertz CT molecular complexity index is 2180. The molecule has 3 aliphatic heterocycles. The Hall–Kier alpha value is -5.22. The van der Waals surface area contributed by atoms with Crippen LogP contribution in [0, 0.1) is 5.92 Å². The average molecular weight is 820 g/mol. The van der Waals surface area contributed by atoms with Gasteiger partial charge in [-0.1, -0.05) is 42.3 Å². The zero-order valence-corrected chi connectivity index (χ0v) is 34.5. The molecule has 1 aromatic heterocycles. The van der Waals surface area contributed by atoms with Gasteiger partial charge in [0.15, 0.2) is 5.72 Å². The molecule has 8 atom stereocenters. The highest BCUT2D eigenvalue weighted by molar-refractivity contribution is 6.35. The Labute approximate surface area is 342 Å². The Morgan fingerprint density at radius 2 is 1.91 bits per heavy atom. The number of likely N-dealkylation sites (N-methyl/N-ethyl adjacent to an activating group) is 1. The minimum Gasteiger partial charge on any atom is -0.495 e. The number of epoxide rings is 1. The first-order valence-corrected chi connectivity index (χ1v) is 19.3. The molecule has 2 aromatic carbocycles. The molecule has 6 rings (SSSR count). The quantitative estimate of drug-likeness (QED) is 0.224. The maximum Gasteiger partial charge on any atom is 0.409 e. The van der Waals surface area contributed by atoms with Crippen LogP contribution in [0.15, 0.2) is 66.3 Å². The van der Waals surface area contributed by atoms with Gasteiger partial charge in [-0.15, -0.1) is 0 Å². The number of allylic oxidation sites excluding steroid dienone is 3. The van der Waals surface area contributed by atoms with Crippen LogP contribution in [-0.2, 0) is 35.0 Å². The lowest BCUT2D eigenvalue weighted by atomic mass is 9.83. The molecule has 2 unspecified atom stereocenters. The molecule has 0 aliphatic carbocycles. The van der Waals surface area contributed by atoms with Gasteiger partial charge >= 0.3 is 12.1 Å². The predicted molar refractivity (Wildman–Crippen MR) is 216 cm³/mol. The molecule has 4 heterocycles. The fourth-order valence-corrected chi connectivity index (χ4v) is 7.97. The molecule has 0 radical (unpaired) electrons. The number of benzene rings is 2. The zero-order valence-electron chi connectivity index (χ0n) is 33.8. The second-order valence-electron chi connectivity index (χ2n) is 15.5. The Kier molecular flexibility index (Phi) is 12.1. The Morgan fingerprint density at radius 3 is 2.62 bits per heavy atom. The van der Waals surface area contributed by atoms with Gasteiger partial charge in [-0.05, 0) is 75.2 Å². The molecule has 15 nitrogen and oxygen atoms in total. The summed E-state index contributed by atoms with van der Waals surface area (Å²) in [6.45, 7) is 6.94. The Morgan fingerprint density at radius 1 is 1.17 bits per heavy atom. The molecule has 0 saturated carbocycles. The monoisotopic (exact) mass is 819 g/mol. The number of carbonyl (C=O) groups excluding carboxylic acids is 4.